The number of rotatable bonds is 2. The molecule has 0 spiro atoms. The van der Waals surface area contributed by atoms with Gasteiger partial charge in [0.25, 0.3) is 0 Å². The van der Waals surface area contributed by atoms with Crippen LogP contribution >= 0.6 is 11.6 Å². The molecule has 0 aliphatic rings. The van der Waals surface area contributed by atoms with Crippen LogP contribution in [0.3, 0.4) is 0 Å². The summed E-state index contributed by atoms with van der Waals surface area (Å²) in [6.45, 7) is 1.97. The van der Waals surface area contributed by atoms with Crippen molar-refractivity contribution < 1.29 is 4.42 Å². The largest absolute Gasteiger partial charge is 0.471 e. The summed E-state index contributed by atoms with van der Waals surface area (Å²) in [4.78, 5) is 0. The van der Waals surface area contributed by atoms with E-state index < -0.39 is 0 Å². The molecule has 0 aliphatic heterocycles. The molecule has 1 atom stereocenters. The smallest absolute Gasteiger partial charge is 0.106 e. The average Bonchev–Trinajstić information content (AvgIpc) is 2.80. The molecule has 2 N–H and O–H groups in total. The monoisotopic (exact) mass is 259 g/mol. The van der Waals surface area contributed by atoms with Crippen molar-refractivity contribution in [3.8, 4) is 11.8 Å². The lowest BCUT2D eigenvalue weighted by Crippen LogP contribution is -2.17. The van der Waals surface area contributed by atoms with Crippen molar-refractivity contribution in [2.75, 3.05) is 0 Å². The molecule has 1 unspecified atom stereocenters. The molecule has 92 valence electrons. The van der Waals surface area contributed by atoms with Crippen LogP contribution in [0.15, 0.2) is 41.2 Å². The van der Waals surface area contributed by atoms with Crippen LogP contribution in [0.1, 0.15) is 23.6 Å². The molecule has 1 aromatic carbocycles. The van der Waals surface area contributed by atoms with Gasteiger partial charge in [-0.1, -0.05) is 29.5 Å². The summed E-state index contributed by atoms with van der Waals surface area (Å²) in [6, 6.07) is 7.79. The topological polar surface area (TPSA) is 39.2 Å². The van der Waals surface area contributed by atoms with Gasteiger partial charge in [-0.15, -0.1) is 0 Å². The normalized spacial score (nSPS) is 11.7. The second-order valence-corrected chi connectivity index (χ2v) is 4.66. The predicted molar refractivity (Wildman–Crippen MR) is 73.5 cm³/mol. The SMILES string of the molecule is CC(N)Cc1ccc(C#Cc2ccoc2)c(Cl)c1. The van der Waals surface area contributed by atoms with Crippen LogP contribution in [0.25, 0.3) is 0 Å². The molecular formula is C15H14ClNO. The number of nitrogens with two attached hydrogens (primary N) is 1. The lowest BCUT2D eigenvalue weighted by molar-refractivity contribution is 0.566. The van der Waals surface area contributed by atoms with Crippen LogP contribution in [0.5, 0.6) is 0 Å². The number of hydrogen-bond acceptors (Lipinski definition) is 2. The van der Waals surface area contributed by atoms with Crippen LogP contribution < -0.4 is 5.73 Å². The van der Waals surface area contributed by atoms with Gasteiger partial charge < -0.3 is 10.2 Å². The second kappa shape index (κ2) is 5.77. The molecule has 2 rings (SSSR count). The van der Waals surface area contributed by atoms with Gasteiger partial charge in [-0.05, 0) is 37.1 Å². The zero-order valence-corrected chi connectivity index (χ0v) is 10.9. The van der Waals surface area contributed by atoms with E-state index in [0.29, 0.717) is 5.02 Å². The zero-order chi connectivity index (χ0) is 13.0. The van der Waals surface area contributed by atoms with Crippen molar-refractivity contribution in [2.24, 2.45) is 5.73 Å². The average molecular weight is 260 g/mol. The lowest BCUT2D eigenvalue weighted by atomic mass is 10.1. The first kappa shape index (κ1) is 12.8. The van der Waals surface area contributed by atoms with E-state index in [4.69, 9.17) is 21.8 Å². The van der Waals surface area contributed by atoms with Gasteiger partial charge in [0.15, 0.2) is 0 Å². The van der Waals surface area contributed by atoms with Gasteiger partial charge in [0, 0.05) is 11.6 Å². The minimum absolute atomic E-state index is 0.129. The second-order valence-electron chi connectivity index (χ2n) is 4.26. The molecule has 0 amide bonds. The third-order valence-corrected chi connectivity index (χ3v) is 2.77. The van der Waals surface area contributed by atoms with Crippen molar-refractivity contribution >= 4 is 11.6 Å². The Morgan fingerprint density at radius 1 is 1.33 bits per heavy atom. The standard InChI is InChI=1S/C15H14ClNO/c1-11(17)8-13-3-5-14(15(16)9-13)4-2-12-6-7-18-10-12/h3,5-7,9-11H,8,17H2,1H3. The Labute approximate surface area is 112 Å². The Hall–Kier alpha value is -1.69. The van der Waals surface area contributed by atoms with Crippen LogP contribution in [-0.2, 0) is 6.42 Å². The molecule has 2 aromatic rings. The number of hydrogen-bond donors (Lipinski definition) is 1. The van der Waals surface area contributed by atoms with Crippen LogP contribution in [-0.4, -0.2) is 6.04 Å². The summed E-state index contributed by atoms with van der Waals surface area (Å²) in [7, 11) is 0. The van der Waals surface area contributed by atoms with Crippen molar-refractivity contribution in [1.82, 2.24) is 0 Å². The maximum Gasteiger partial charge on any atom is 0.106 e. The number of furan rings is 1. The van der Waals surface area contributed by atoms with E-state index in [1.807, 2.05) is 31.2 Å². The highest BCUT2D eigenvalue weighted by Crippen LogP contribution is 2.18. The Balaban J connectivity index is 2.20. The highest BCUT2D eigenvalue weighted by molar-refractivity contribution is 6.31. The summed E-state index contributed by atoms with van der Waals surface area (Å²) in [5.74, 6) is 6.01. The third-order valence-electron chi connectivity index (χ3n) is 2.45. The third kappa shape index (κ3) is 3.40. The van der Waals surface area contributed by atoms with E-state index in [-0.39, 0.29) is 6.04 Å². The van der Waals surface area contributed by atoms with Gasteiger partial charge in [-0.2, -0.15) is 0 Å². The maximum atomic E-state index is 6.19. The first-order valence-corrected chi connectivity index (χ1v) is 6.11. The van der Waals surface area contributed by atoms with Crippen LogP contribution in [0.4, 0.5) is 0 Å². The lowest BCUT2D eigenvalue weighted by Gasteiger charge is -2.06. The molecule has 0 saturated carbocycles. The fourth-order valence-corrected chi connectivity index (χ4v) is 1.88. The van der Waals surface area contributed by atoms with Crippen LogP contribution in [0, 0.1) is 11.8 Å². The Morgan fingerprint density at radius 3 is 2.78 bits per heavy atom. The molecule has 0 radical (unpaired) electrons. The maximum absolute atomic E-state index is 6.19. The van der Waals surface area contributed by atoms with Gasteiger partial charge in [0.2, 0.25) is 0 Å². The van der Waals surface area contributed by atoms with E-state index in [9.17, 15) is 0 Å². The van der Waals surface area contributed by atoms with E-state index >= 15 is 0 Å². The highest BCUT2D eigenvalue weighted by Gasteiger charge is 2.02. The summed E-state index contributed by atoms with van der Waals surface area (Å²) >= 11 is 6.19. The molecule has 2 nitrogen and oxygen atoms in total. The number of halogens is 1. The molecule has 18 heavy (non-hydrogen) atoms. The fourth-order valence-electron chi connectivity index (χ4n) is 1.63. The Bertz CT molecular complexity index is 576. The van der Waals surface area contributed by atoms with E-state index in [2.05, 4.69) is 11.8 Å². The Morgan fingerprint density at radius 2 is 2.17 bits per heavy atom. The van der Waals surface area contributed by atoms with Crippen molar-refractivity contribution in [3.63, 3.8) is 0 Å². The van der Waals surface area contributed by atoms with Gasteiger partial charge in [0.05, 0.1) is 16.8 Å². The van der Waals surface area contributed by atoms with Gasteiger partial charge in [-0.25, -0.2) is 0 Å². The molecule has 3 heteroatoms. The highest BCUT2D eigenvalue weighted by atomic mass is 35.5. The fraction of sp³-hybridized carbons (Fsp3) is 0.200. The molecule has 0 aliphatic carbocycles. The minimum atomic E-state index is 0.129. The van der Waals surface area contributed by atoms with E-state index in [1.54, 1.807) is 12.5 Å². The van der Waals surface area contributed by atoms with Crippen molar-refractivity contribution in [1.29, 1.82) is 0 Å². The summed E-state index contributed by atoms with van der Waals surface area (Å²) in [5.41, 5.74) is 8.53. The first-order chi connectivity index (χ1) is 8.65. The zero-order valence-electron chi connectivity index (χ0n) is 10.1. The molecular weight excluding hydrogens is 246 g/mol. The van der Waals surface area contributed by atoms with Gasteiger partial charge >= 0.3 is 0 Å². The van der Waals surface area contributed by atoms with Gasteiger partial charge in [-0.3, -0.25) is 0 Å². The summed E-state index contributed by atoms with van der Waals surface area (Å²) in [6.07, 6.45) is 4.01. The molecule has 0 bridgehead atoms. The summed E-state index contributed by atoms with van der Waals surface area (Å²) < 4.78 is 4.95. The molecule has 1 heterocycles. The van der Waals surface area contributed by atoms with Gasteiger partial charge in [0.1, 0.15) is 6.26 Å². The van der Waals surface area contributed by atoms with E-state index in [1.165, 1.54) is 0 Å². The van der Waals surface area contributed by atoms with Crippen molar-refractivity contribution in [2.45, 2.75) is 19.4 Å². The number of benzene rings is 1. The molecule has 1 aromatic heterocycles. The first-order valence-electron chi connectivity index (χ1n) is 5.73. The summed E-state index contributed by atoms with van der Waals surface area (Å²) in [5, 5.41) is 0.657. The van der Waals surface area contributed by atoms with E-state index in [0.717, 1.165) is 23.1 Å². The minimum Gasteiger partial charge on any atom is -0.471 e. The Kier molecular flexibility index (Phi) is 4.09. The predicted octanol–water partition coefficient (Wildman–Crippen LogP) is 3.22. The quantitative estimate of drug-likeness (QED) is 0.841. The van der Waals surface area contributed by atoms with Crippen molar-refractivity contribution in [3.05, 3.63) is 58.5 Å². The molecule has 0 saturated heterocycles. The van der Waals surface area contributed by atoms with Crippen LogP contribution in [0.2, 0.25) is 5.02 Å². The molecule has 0 fully saturated rings.